The molecule has 0 fully saturated rings. The highest BCUT2D eigenvalue weighted by Gasteiger charge is 2.11. The SMILES string of the molecule is COc1ccc(NC(=S)Nc2cc(-c3ccccc3)ccc2OC)c(OC)n1. The van der Waals surface area contributed by atoms with Gasteiger partial charge in [0.25, 0.3) is 0 Å². The summed E-state index contributed by atoms with van der Waals surface area (Å²) in [7, 11) is 4.71. The predicted octanol–water partition coefficient (Wildman–Crippen LogP) is 4.58. The average molecular weight is 395 g/mol. The van der Waals surface area contributed by atoms with E-state index in [4.69, 9.17) is 26.4 Å². The molecule has 144 valence electrons. The second kappa shape index (κ2) is 9.05. The fourth-order valence-electron chi connectivity index (χ4n) is 2.68. The van der Waals surface area contributed by atoms with Crippen molar-refractivity contribution in [1.29, 1.82) is 0 Å². The number of nitrogens with one attached hydrogen (secondary N) is 2. The maximum absolute atomic E-state index is 5.46. The van der Waals surface area contributed by atoms with Crippen molar-refractivity contribution >= 4 is 28.7 Å². The van der Waals surface area contributed by atoms with Crippen LogP contribution in [0.3, 0.4) is 0 Å². The van der Waals surface area contributed by atoms with Crippen LogP contribution in [0, 0.1) is 0 Å². The zero-order valence-electron chi connectivity index (χ0n) is 15.9. The molecule has 28 heavy (non-hydrogen) atoms. The molecule has 6 nitrogen and oxygen atoms in total. The van der Waals surface area contributed by atoms with E-state index in [2.05, 4.69) is 27.8 Å². The summed E-state index contributed by atoms with van der Waals surface area (Å²) in [5.41, 5.74) is 3.53. The zero-order valence-corrected chi connectivity index (χ0v) is 16.7. The minimum absolute atomic E-state index is 0.383. The van der Waals surface area contributed by atoms with E-state index in [1.54, 1.807) is 26.4 Å². The fraction of sp³-hybridized carbons (Fsp3) is 0.143. The standard InChI is InChI=1S/C21H21N3O3S/c1-25-18-11-9-15(14-7-5-4-6-8-14)13-17(18)23-21(28)22-16-10-12-19(26-2)24-20(16)27-3/h4-13H,1-3H3,(H2,22,23,28). The molecule has 2 N–H and O–H groups in total. The van der Waals surface area contributed by atoms with E-state index in [9.17, 15) is 0 Å². The van der Waals surface area contributed by atoms with E-state index in [1.165, 1.54) is 7.11 Å². The zero-order chi connectivity index (χ0) is 19.9. The van der Waals surface area contributed by atoms with E-state index in [0.717, 1.165) is 16.8 Å². The van der Waals surface area contributed by atoms with Gasteiger partial charge in [0.1, 0.15) is 11.4 Å². The quantitative estimate of drug-likeness (QED) is 0.592. The Balaban J connectivity index is 1.82. The highest BCUT2D eigenvalue weighted by Crippen LogP contribution is 2.31. The second-order valence-electron chi connectivity index (χ2n) is 5.77. The fourth-order valence-corrected chi connectivity index (χ4v) is 2.90. The summed E-state index contributed by atoms with van der Waals surface area (Å²) >= 11 is 5.46. The molecular weight excluding hydrogens is 374 g/mol. The number of methoxy groups -OCH3 is 3. The maximum atomic E-state index is 5.46. The minimum Gasteiger partial charge on any atom is -0.495 e. The number of anilines is 2. The molecule has 0 saturated heterocycles. The summed E-state index contributed by atoms with van der Waals surface area (Å²) < 4.78 is 15.9. The third kappa shape index (κ3) is 4.50. The van der Waals surface area contributed by atoms with Gasteiger partial charge in [-0.2, -0.15) is 4.98 Å². The van der Waals surface area contributed by atoms with Crippen molar-refractivity contribution in [3.8, 4) is 28.6 Å². The molecule has 2 aromatic carbocycles. The lowest BCUT2D eigenvalue weighted by Crippen LogP contribution is -2.20. The van der Waals surface area contributed by atoms with Gasteiger partial charge in [0, 0.05) is 6.07 Å². The topological polar surface area (TPSA) is 64.6 Å². The highest BCUT2D eigenvalue weighted by atomic mass is 32.1. The van der Waals surface area contributed by atoms with Crippen molar-refractivity contribution in [2.45, 2.75) is 0 Å². The van der Waals surface area contributed by atoms with Crippen LogP contribution in [-0.2, 0) is 0 Å². The Bertz CT molecular complexity index is 964. The molecule has 0 atom stereocenters. The Kier molecular flexibility index (Phi) is 6.29. The van der Waals surface area contributed by atoms with Crippen LogP contribution >= 0.6 is 12.2 Å². The summed E-state index contributed by atoms with van der Waals surface area (Å²) in [6.45, 7) is 0. The van der Waals surface area contributed by atoms with Crippen molar-refractivity contribution in [2.75, 3.05) is 32.0 Å². The molecule has 7 heteroatoms. The van der Waals surface area contributed by atoms with Crippen molar-refractivity contribution in [1.82, 2.24) is 4.98 Å². The number of rotatable bonds is 6. The molecule has 0 aliphatic heterocycles. The Hall–Kier alpha value is -3.32. The van der Waals surface area contributed by atoms with Gasteiger partial charge >= 0.3 is 0 Å². The number of hydrogen-bond donors (Lipinski definition) is 2. The van der Waals surface area contributed by atoms with Gasteiger partial charge in [0.15, 0.2) is 5.11 Å². The number of benzene rings is 2. The number of thiocarbonyl (C=S) groups is 1. The molecule has 0 spiro atoms. The van der Waals surface area contributed by atoms with Crippen LogP contribution in [0.2, 0.25) is 0 Å². The van der Waals surface area contributed by atoms with Crippen LogP contribution in [0.4, 0.5) is 11.4 Å². The molecule has 0 aliphatic rings. The van der Waals surface area contributed by atoms with Crippen LogP contribution in [0.15, 0.2) is 60.7 Å². The Morgan fingerprint density at radius 2 is 1.54 bits per heavy atom. The summed E-state index contributed by atoms with van der Waals surface area (Å²) in [5, 5.41) is 6.66. The first kappa shape index (κ1) is 19.4. The lowest BCUT2D eigenvalue weighted by molar-refractivity contribution is 0.366. The summed E-state index contributed by atoms with van der Waals surface area (Å²) in [6, 6.07) is 19.5. The maximum Gasteiger partial charge on any atom is 0.240 e. The Labute approximate surface area is 169 Å². The van der Waals surface area contributed by atoms with E-state index >= 15 is 0 Å². The third-order valence-corrected chi connectivity index (χ3v) is 4.24. The van der Waals surface area contributed by atoms with E-state index < -0.39 is 0 Å². The second-order valence-corrected chi connectivity index (χ2v) is 6.18. The normalized spacial score (nSPS) is 10.1. The molecule has 0 radical (unpaired) electrons. The number of aromatic nitrogens is 1. The average Bonchev–Trinajstić information content (AvgIpc) is 2.74. The van der Waals surface area contributed by atoms with E-state index in [1.807, 2.05) is 36.4 Å². The first-order chi connectivity index (χ1) is 13.6. The number of ether oxygens (including phenoxy) is 3. The van der Waals surface area contributed by atoms with Gasteiger partial charge in [-0.05, 0) is 41.5 Å². The predicted molar refractivity (Wildman–Crippen MR) is 116 cm³/mol. The molecule has 1 heterocycles. The summed E-state index contributed by atoms with van der Waals surface area (Å²) in [4.78, 5) is 4.24. The van der Waals surface area contributed by atoms with Gasteiger partial charge in [-0.3, -0.25) is 0 Å². The van der Waals surface area contributed by atoms with Crippen LogP contribution in [0.1, 0.15) is 0 Å². The lowest BCUT2D eigenvalue weighted by atomic mass is 10.0. The summed E-state index contributed by atoms with van der Waals surface area (Å²) in [6.07, 6.45) is 0. The van der Waals surface area contributed by atoms with Crippen molar-refractivity contribution in [3.05, 3.63) is 60.7 Å². The van der Waals surface area contributed by atoms with E-state index in [0.29, 0.717) is 28.3 Å². The largest absolute Gasteiger partial charge is 0.495 e. The van der Waals surface area contributed by atoms with Gasteiger partial charge in [-0.15, -0.1) is 0 Å². The lowest BCUT2D eigenvalue weighted by Gasteiger charge is -2.16. The first-order valence-electron chi connectivity index (χ1n) is 8.55. The monoisotopic (exact) mass is 395 g/mol. The van der Waals surface area contributed by atoms with Gasteiger partial charge in [-0.25, -0.2) is 0 Å². The van der Waals surface area contributed by atoms with Crippen molar-refractivity contribution in [2.24, 2.45) is 0 Å². The number of pyridine rings is 1. The smallest absolute Gasteiger partial charge is 0.240 e. The molecule has 0 unspecified atom stereocenters. The van der Waals surface area contributed by atoms with Crippen LogP contribution in [-0.4, -0.2) is 31.4 Å². The highest BCUT2D eigenvalue weighted by molar-refractivity contribution is 7.80. The number of hydrogen-bond acceptors (Lipinski definition) is 5. The van der Waals surface area contributed by atoms with Crippen LogP contribution in [0.5, 0.6) is 17.5 Å². The Morgan fingerprint density at radius 3 is 2.21 bits per heavy atom. The van der Waals surface area contributed by atoms with Crippen molar-refractivity contribution in [3.63, 3.8) is 0 Å². The van der Waals surface area contributed by atoms with E-state index in [-0.39, 0.29) is 0 Å². The van der Waals surface area contributed by atoms with Crippen molar-refractivity contribution < 1.29 is 14.2 Å². The molecule has 3 rings (SSSR count). The minimum atomic E-state index is 0.383. The summed E-state index contributed by atoms with van der Waals surface area (Å²) in [5.74, 6) is 1.52. The van der Waals surface area contributed by atoms with Gasteiger partial charge in [-0.1, -0.05) is 36.4 Å². The molecular formula is C21H21N3O3S. The third-order valence-electron chi connectivity index (χ3n) is 4.04. The molecule has 1 aromatic heterocycles. The van der Waals surface area contributed by atoms with Gasteiger partial charge in [0.2, 0.25) is 11.8 Å². The first-order valence-corrected chi connectivity index (χ1v) is 8.96. The van der Waals surface area contributed by atoms with Crippen LogP contribution in [0.25, 0.3) is 11.1 Å². The molecule has 0 bridgehead atoms. The molecule has 0 saturated carbocycles. The molecule has 0 amide bonds. The molecule has 3 aromatic rings. The number of nitrogens with zero attached hydrogens (tertiary/aromatic N) is 1. The van der Waals surface area contributed by atoms with Gasteiger partial charge in [0.05, 0.1) is 27.0 Å². The Morgan fingerprint density at radius 1 is 0.786 bits per heavy atom. The van der Waals surface area contributed by atoms with Gasteiger partial charge < -0.3 is 24.8 Å². The van der Waals surface area contributed by atoms with Crippen LogP contribution < -0.4 is 24.8 Å². The molecule has 0 aliphatic carbocycles.